The van der Waals surface area contributed by atoms with Gasteiger partial charge in [-0.05, 0) is 43.5 Å². The first-order valence-electron chi connectivity index (χ1n) is 11.6. The molecule has 1 aromatic heterocycles. The lowest BCUT2D eigenvalue weighted by Crippen LogP contribution is -2.41. The number of hydrogen-bond donors (Lipinski definition) is 1. The number of hydrogen-bond acceptors (Lipinski definition) is 5. The molecule has 0 unspecified atom stereocenters. The van der Waals surface area contributed by atoms with Crippen LogP contribution in [-0.2, 0) is 16.1 Å². The number of rotatable bonds is 9. The molecule has 1 saturated heterocycles. The van der Waals surface area contributed by atoms with E-state index in [1.807, 2.05) is 47.0 Å². The van der Waals surface area contributed by atoms with Gasteiger partial charge < -0.3 is 15.0 Å². The van der Waals surface area contributed by atoms with Crippen LogP contribution in [0.25, 0.3) is 0 Å². The molecule has 0 atom stereocenters. The number of carbonyl (C=O) groups excluding carboxylic acids is 2. The average molecular weight is 479 g/mol. The molecule has 0 bridgehead atoms. The number of nitrogens with one attached hydrogen (secondary N) is 1. The molecule has 4 rings (SSSR count). The van der Waals surface area contributed by atoms with Gasteiger partial charge in [0.2, 0.25) is 11.8 Å². The summed E-state index contributed by atoms with van der Waals surface area (Å²) in [6, 6.07) is 17.8. The Kier molecular flexibility index (Phi) is 8.25. The van der Waals surface area contributed by atoms with Crippen LogP contribution in [0.5, 0.6) is 5.75 Å². The molecule has 0 aliphatic carbocycles. The molecular formula is C26H30N4O3S. The molecule has 34 heavy (non-hydrogen) atoms. The van der Waals surface area contributed by atoms with E-state index in [9.17, 15) is 9.59 Å². The molecule has 1 aliphatic rings. The normalized spacial score (nSPS) is 14.1. The zero-order valence-electron chi connectivity index (χ0n) is 19.4. The Morgan fingerprint density at radius 3 is 2.59 bits per heavy atom. The largest absolute Gasteiger partial charge is 0.493 e. The monoisotopic (exact) mass is 478 g/mol. The fourth-order valence-corrected chi connectivity index (χ4v) is 5.06. The van der Waals surface area contributed by atoms with E-state index >= 15 is 0 Å². The van der Waals surface area contributed by atoms with Crippen molar-refractivity contribution in [3.05, 3.63) is 72.6 Å². The molecule has 2 aromatic carbocycles. The number of aryl methyl sites for hydroxylation is 1. The van der Waals surface area contributed by atoms with Crippen molar-refractivity contribution in [2.45, 2.75) is 42.9 Å². The Bertz CT molecular complexity index is 1090. The van der Waals surface area contributed by atoms with Gasteiger partial charge in [-0.15, -0.1) is 11.8 Å². The van der Waals surface area contributed by atoms with E-state index in [0.29, 0.717) is 17.5 Å². The molecule has 3 aromatic rings. The number of para-hydroxylation sites is 1. The van der Waals surface area contributed by atoms with E-state index in [-0.39, 0.29) is 24.8 Å². The minimum Gasteiger partial charge on any atom is -0.493 e. The van der Waals surface area contributed by atoms with Crippen LogP contribution >= 0.6 is 11.8 Å². The highest BCUT2D eigenvalue weighted by Crippen LogP contribution is 2.32. The standard InChI is InChI=1S/C26H30N4O3S/c1-20-7-5-6-10-24(20)34-23-11-14-29(15-12-23)26(32)19-30-18-21(17-27-30)28-25(31)13-16-33-22-8-3-2-4-9-22/h2-10,17-18,23H,11-16,19H2,1H3,(H,28,31). The predicted molar refractivity (Wildman–Crippen MR) is 134 cm³/mol. The Morgan fingerprint density at radius 2 is 1.82 bits per heavy atom. The Balaban J connectivity index is 1.17. The number of benzene rings is 2. The highest BCUT2D eigenvalue weighted by Gasteiger charge is 2.24. The Hall–Kier alpha value is -3.26. The van der Waals surface area contributed by atoms with Crippen molar-refractivity contribution in [1.29, 1.82) is 0 Å². The second kappa shape index (κ2) is 11.7. The number of aromatic nitrogens is 2. The molecule has 0 spiro atoms. The first-order chi connectivity index (χ1) is 16.6. The van der Waals surface area contributed by atoms with E-state index < -0.39 is 0 Å². The van der Waals surface area contributed by atoms with Gasteiger partial charge in [0.05, 0.1) is 24.9 Å². The number of piperidine rings is 1. The molecule has 1 aliphatic heterocycles. The van der Waals surface area contributed by atoms with Crippen molar-refractivity contribution in [2.24, 2.45) is 0 Å². The van der Waals surface area contributed by atoms with Crippen LogP contribution in [0, 0.1) is 6.92 Å². The van der Waals surface area contributed by atoms with Crippen molar-refractivity contribution in [3.8, 4) is 5.75 Å². The van der Waals surface area contributed by atoms with E-state index in [0.717, 1.165) is 31.7 Å². The lowest BCUT2D eigenvalue weighted by atomic mass is 10.1. The van der Waals surface area contributed by atoms with Crippen LogP contribution in [0.3, 0.4) is 0 Å². The lowest BCUT2D eigenvalue weighted by Gasteiger charge is -2.32. The maximum Gasteiger partial charge on any atom is 0.244 e. The summed E-state index contributed by atoms with van der Waals surface area (Å²) in [5.74, 6) is 0.631. The van der Waals surface area contributed by atoms with Gasteiger partial charge in [-0.2, -0.15) is 5.10 Å². The molecular weight excluding hydrogens is 448 g/mol. The van der Waals surface area contributed by atoms with Crippen LogP contribution in [-0.4, -0.2) is 51.4 Å². The maximum absolute atomic E-state index is 12.7. The molecule has 8 heteroatoms. The second-order valence-electron chi connectivity index (χ2n) is 8.35. The smallest absolute Gasteiger partial charge is 0.244 e. The Labute approximate surface area is 204 Å². The van der Waals surface area contributed by atoms with E-state index in [2.05, 4.69) is 41.6 Å². The summed E-state index contributed by atoms with van der Waals surface area (Å²) < 4.78 is 7.13. The van der Waals surface area contributed by atoms with Gasteiger partial charge in [-0.25, -0.2) is 0 Å². The molecule has 178 valence electrons. The number of nitrogens with zero attached hydrogens (tertiary/aromatic N) is 3. The minimum atomic E-state index is -0.157. The average Bonchev–Trinajstić information content (AvgIpc) is 3.28. The minimum absolute atomic E-state index is 0.0524. The van der Waals surface area contributed by atoms with Gasteiger partial charge in [-0.1, -0.05) is 36.4 Å². The third kappa shape index (κ3) is 6.87. The molecule has 0 radical (unpaired) electrons. The van der Waals surface area contributed by atoms with Gasteiger partial charge in [0.15, 0.2) is 0 Å². The molecule has 2 amide bonds. The van der Waals surface area contributed by atoms with Crippen molar-refractivity contribution >= 4 is 29.3 Å². The van der Waals surface area contributed by atoms with E-state index in [4.69, 9.17) is 4.74 Å². The van der Waals surface area contributed by atoms with Crippen molar-refractivity contribution in [2.75, 3.05) is 25.0 Å². The quantitative estimate of drug-likeness (QED) is 0.494. The Morgan fingerprint density at radius 1 is 1.09 bits per heavy atom. The molecule has 7 nitrogen and oxygen atoms in total. The molecule has 1 N–H and O–H groups in total. The maximum atomic E-state index is 12.7. The van der Waals surface area contributed by atoms with Crippen LogP contribution < -0.4 is 10.1 Å². The number of anilines is 1. The summed E-state index contributed by atoms with van der Waals surface area (Å²) in [4.78, 5) is 28.1. The number of ether oxygens (including phenoxy) is 1. The fourth-order valence-electron chi connectivity index (χ4n) is 3.85. The van der Waals surface area contributed by atoms with Crippen molar-refractivity contribution < 1.29 is 14.3 Å². The topological polar surface area (TPSA) is 76.5 Å². The summed E-state index contributed by atoms with van der Waals surface area (Å²) in [6.07, 6.45) is 5.45. The number of amides is 2. The fraction of sp³-hybridized carbons (Fsp3) is 0.346. The number of likely N-dealkylation sites (tertiary alicyclic amines) is 1. The number of carbonyl (C=O) groups is 2. The molecule has 0 saturated carbocycles. The summed E-state index contributed by atoms with van der Waals surface area (Å²) >= 11 is 1.92. The van der Waals surface area contributed by atoms with Gasteiger partial charge in [0, 0.05) is 29.4 Å². The van der Waals surface area contributed by atoms with Gasteiger partial charge in [0.1, 0.15) is 12.3 Å². The first-order valence-corrected chi connectivity index (χ1v) is 12.4. The third-order valence-electron chi connectivity index (χ3n) is 5.74. The summed E-state index contributed by atoms with van der Waals surface area (Å²) in [6.45, 7) is 4.12. The van der Waals surface area contributed by atoms with Crippen LogP contribution in [0.2, 0.25) is 0 Å². The first kappa shape index (κ1) is 23.9. The predicted octanol–water partition coefficient (Wildman–Crippen LogP) is 4.38. The second-order valence-corrected chi connectivity index (χ2v) is 9.69. The van der Waals surface area contributed by atoms with Crippen molar-refractivity contribution in [3.63, 3.8) is 0 Å². The third-order valence-corrected chi connectivity index (χ3v) is 7.25. The summed E-state index contributed by atoms with van der Waals surface area (Å²) in [7, 11) is 0. The van der Waals surface area contributed by atoms with Gasteiger partial charge in [-0.3, -0.25) is 14.3 Å². The van der Waals surface area contributed by atoms with Crippen LogP contribution in [0.4, 0.5) is 5.69 Å². The number of thioether (sulfide) groups is 1. The zero-order chi connectivity index (χ0) is 23.8. The van der Waals surface area contributed by atoms with Gasteiger partial charge in [0.25, 0.3) is 0 Å². The zero-order valence-corrected chi connectivity index (χ0v) is 20.2. The SMILES string of the molecule is Cc1ccccc1SC1CCN(C(=O)Cn2cc(NC(=O)CCOc3ccccc3)cn2)CC1. The highest BCUT2D eigenvalue weighted by atomic mass is 32.2. The van der Waals surface area contributed by atoms with Crippen LogP contribution in [0.15, 0.2) is 71.9 Å². The summed E-state index contributed by atoms with van der Waals surface area (Å²) in [5, 5.41) is 7.57. The highest BCUT2D eigenvalue weighted by molar-refractivity contribution is 8.00. The van der Waals surface area contributed by atoms with Gasteiger partial charge >= 0.3 is 0 Å². The summed E-state index contributed by atoms with van der Waals surface area (Å²) in [5.41, 5.74) is 1.88. The lowest BCUT2D eigenvalue weighted by molar-refractivity contribution is -0.132. The molecule has 2 heterocycles. The molecule has 1 fully saturated rings. The van der Waals surface area contributed by atoms with E-state index in [1.165, 1.54) is 10.5 Å². The van der Waals surface area contributed by atoms with Crippen molar-refractivity contribution in [1.82, 2.24) is 14.7 Å². The van der Waals surface area contributed by atoms with E-state index in [1.54, 1.807) is 17.1 Å². The van der Waals surface area contributed by atoms with Crippen LogP contribution in [0.1, 0.15) is 24.8 Å².